The predicted octanol–water partition coefficient (Wildman–Crippen LogP) is 9.37. The summed E-state index contributed by atoms with van der Waals surface area (Å²) in [6.45, 7) is 15.7. The number of urea groups is 2. The average molecular weight is 1240 g/mol. The Morgan fingerprint density at radius 1 is 0.500 bits per heavy atom. The van der Waals surface area contributed by atoms with Gasteiger partial charge >= 0.3 is 24.2 Å². The van der Waals surface area contributed by atoms with Crippen LogP contribution in [-0.4, -0.2) is 160 Å². The van der Waals surface area contributed by atoms with Crippen LogP contribution in [0.5, 0.6) is 0 Å². The van der Waals surface area contributed by atoms with Gasteiger partial charge in [0.05, 0.1) is 28.7 Å². The van der Waals surface area contributed by atoms with Crippen molar-refractivity contribution in [2.24, 2.45) is 22.6 Å². The van der Waals surface area contributed by atoms with Crippen molar-refractivity contribution in [1.29, 1.82) is 0 Å². The van der Waals surface area contributed by atoms with Crippen molar-refractivity contribution in [1.82, 2.24) is 45.3 Å². The minimum atomic E-state index is -0.810. The Balaban J connectivity index is 0.000000283. The molecule has 0 radical (unpaired) electrons. The maximum atomic E-state index is 13.5. The Labute approximate surface area is 530 Å². The largest absolute Gasteiger partial charge is 0.444 e. The van der Waals surface area contributed by atoms with Gasteiger partial charge in [0.25, 0.3) is 0 Å². The van der Waals surface area contributed by atoms with Crippen molar-refractivity contribution >= 4 is 53.8 Å². The number of carbonyl (C=O) groups excluding carboxylic acids is 8. The molecule has 8 rings (SSSR count). The summed E-state index contributed by atoms with van der Waals surface area (Å²) in [5.74, 6) is -0.410. The lowest BCUT2D eigenvalue weighted by Gasteiger charge is -2.54. The van der Waals surface area contributed by atoms with E-state index in [1.54, 1.807) is 9.80 Å². The van der Waals surface area contributed by atoms with Crippen molar-refractivity contribution in [3.8, 4) is 0 Å². The number of unbranched alkanes of at least 4 members (excludes halogenated alkanes) is 4. The smallest absolute Gasteiger partial charge is 0.414 e. The second-order valence-corrected chi connectivity index (χ2v) is 24.5. The summed E-state index contributed by atoms with van der Waals surface area (Å²) < 4.78 is 10.6. The van der Waals surface area contributed by atoms with Crippen LogP contribution in [0.1, 0.15) is 127 Å². The second kappa shape index (κ2) is 34.3. The molecule has 21 heteroatoms. The number of aliphatic imine (C=N–C) groups is 1. The summed E-state index contributed by atoms with van der Waals surface area (Å²) in [5.41, 5.74) is 8.51. The molecular formula is C69H93N11O10. The number of rotatable bonds is 25. The highest BCUT2D eigenvalue weighted by atomic mass is 16.6. The van der Waals surface area contributed by atoms with E-state index in [9.17, 15) is 38.4 Å². The van der Waals surface area contributed by atoms with Crippen LogP contribution in [0.2, 0.25) is 0 Å². The molecule has 4 fully saturated rings. The normalized spacial score (nSPS) is 17.3. The highest BCUT2D eigenvalue weighted by Crippen LogP contribution is 2.42. The van der Waals surface area contributed by atoms with E-state index in [-0.39, 0.29) is 67.3 Å². The number of hydrogen-bond acceptors (Lipinski definition) is 13. The molecule has 5 N–H and O–H groups in total. The lowest BCUT2D eigenvalue weighted by Crippen LogP contribution is -2.72. The summed E-state index contributed by atoms with van der Waals surface area (Å²) in [5, 5.41) is 7.91. The number of guanidine groups is 1. The van der Waals surface area contributed by atoms with Gasteiger partial charge in [-0.2, -0.15) is 0 Å². The Bertz CT molecular complexity index is 2980. The summed E-state index contributed by atoms with van der Waals surface area (Å²) in [7, 11) is 0. The number of aryl methyl sites for hydroxylation is 2. The highest BCUT2D eigenvalue weighted by Gasteiger charge is 2.58. The Kier molecular flexibility index (Phi) is 26.2. The van der Waals surface area contributed by atoms with Crippen LogP contribution in [-0.2, 0) is 54.7 Å². The zero-order valence-electron chi connectivity index (χ0n) is 53.1. The molecule has 21 nitrogen and oxygen atoms in total. The molecule has 4 heterocycles. The van der Waals surface area contributed by atoms with Crippen LogP contribution in [0.15, 0.2) is 139 Å². The van der Waals surface area contributed by atoms with Gasteiger partial charge in [-0.1, -0.05) is 141 Å². The summed E-state index contributed by atoms with van der Waals surface area (Å²) in [6.07, 6.45) is 9.71. The molecule has 4 aliphatic heterocycles. The van der Waals surface area contributed by atoms with Gasteiger partial charge in [0.1, 0.15) is 13.2 Å². The first-order chi connectivity index (χ1) is 43.3. The van der Waals surface area contributed by atoms with Gasteiger partial charge in [-0.3, -0.25) is 44.6 Å². The van der Waals surface area contributed by atoms with Crippen LogP contribution in [0.25, 0.3) is 0 Å². The maximum absolute atomic E-state index is 13.5. The molecule has 4 saturated heterocycles. The van der Waals surface area contributed by atoms with Crippen LogP contribution >= 0.6 is 0 Å². The Morgan fingerprint density at radius 3 is 1.22 bits per heavy atom. The molecule has 2 atom stereocenters. The van der Waals surface area contributed by atoms with E-state index in [0.29, 0.717) is 96.8 Å². The lowest BCUT2D eigenvalue weighted by atomic mass is 9.73. The van der Waals surface area contributed by atoms with E-state index in [4.69, 9.17) is 15.2 Å². The number of amides is 10. The van der Waals surface area contributed by atoms with Crippen molar-refractivity contribution in [2.75, 3.05) is 65.4 Å². The van der Waals surface area contributed by atoms with Gasteiger partial charge in [0.15, 0.2) is 0 Å². The standard InChI is InChI=1S/C42H52N6O7.C27H41N5O3/c1-42(2)35(37(50)48(42)41(53)47-28-26-46(27-29-47)36(49)24-14-6-9-18-32-16-7-3-8-17-32)23-15-25-43-38(44-39(51)54-30-33-19-10-4-11-20-33)45-40(52)55-31-34-21-12-5-13-22-34;1-21(28)29-16-10-14-23-25(34)32(27(23,2)3)26(35)31-19-17-30(18-20-31)24(33)15-9-5-8-13-22-11-6-4-7-12-22/h3-5,7-8,10-13,16-17,19-22,35H,6,9,14-15,18,23-31H2,1-2H3,(H2,43,44,45,51,52);4,6-7,11-12,23,29H,1,5,8-10,13-20,28H2,2-3H3. The summed E-state index contributed by atoms with van der Waals surface area (Å²) in [4.78, 5) is 117. The quantitative estimate of drug-likeness (QED) is 0.0210. The highest BCUT2D eigenvalue weighted by molar-refractivity contribution is 6.04. The number of nitrogens with zero attached hydrogens (tertiary/aromatic N) is 7. The first-order valence-electron chi connectivity index (χ1n) is 31.9. The Morgan fingerprint density at radius 2 is 0.856 bits per heavy atom. The molecule has 90 heavy (non-hydrogen) atoms. The van der Waals surface area contributed by atoms with Gasteiger partial charge in [-0.05, 0) is 114 Å². The first kappa shape index (κ1) is 68.7. The molecule has 0 bridgehead atoms. The van der Waals surface area contributed by atoms with E-state index < -0.39 is 29.2 Å². The van der Waals surface area contributed by atoms with Crippen LogP contribution < -0.4 is 21.7 Å². The number of benzene rings is 4. The topological polar surface area (TPSA) is 249 Å². The average Bonchev–Trinajstić information content (AvgIpc) is 0.742. The molecule has 10 amide bonds. The number of piperazine rings is 2. The summed E-state index contributed by atoms with van der Waals surface area (Å²) >= 11 is 0. The fourth-order valence-electron chi connectivity index (χ4n) is 11.9. The molecule has 4 aromatic carbocycles. The zero-order valence-corrected chi connectivity index (χ0v) is 53.1. The fourth-order valence-corrected chi connectivity index (χ4v) is 11.9. The zero-order chi connectivity index (χ0) is 64.5. The maximum Gasteiger partial charge on any atom is 0.414 e. The van der Waals surface area contributed by atoms with Crippen molar-refractivity contribution in [3.63, 3.8) is 0 Å². The minimum Gasteiger partial charge on any atom is -0.444 e. The Hall–Kier alpha value is -8.75. The van der Waals surface area contributed by atoms with Gasteiger partial charge < -0.3 is 40.1 Å². The van der Waals surface area contributed by atoms with Gasteiger partial charge in [0, 0.05) is 78.3 Å². The van der Waals surface area contributed by atoms with Crippen LogP contribution in [0, 0.1) is 11.8 Å². The number of likely N-dealkylation sites (tertiary alicyclic amines) is 2. The van der Waals surface area contributed by atoms with E-state index in [0.717, 1.165) is 68.9 Å². The van der Waals surface area contributed by atoms with Gasteiger partial charge in [0.2, 0.25) is 29.6 Å². The van der Waals surface area contributed by atoms with Crippen LogP contribution in [0.3, 0.4) is 0 Å². The van der Waals surface area contributed by atoms with Crippen molar-refractivity contribution in [2.45, 2.75) is 142 Å². The van der Waals surface area contributed by atoms with Gasteiger partial charge in [-0.15, -0.1) is 0 Å². The molecule has 2 unspecified atom stereocenters. The third kappa shape index (κ3) is 20.1. The number of β-lactam (4-membered cyclic amide) rings is 2. The molecule has 4 aromatic rings. The van der Waals surface area contributed by atoms with E-state index in [1.165, 1.54) is 20.9 Å². The molecule has 0 saturated carbocycles. The second-order valence-electron chi connectivity index (χ2n) is 24.5. The molecular weight excluding hydrogens is 1140 g/mol. The molecule has 0 aliphatic carbocycles. The monoisotopic (exact) mass is 1240 g/mol. The predicted molar refractivity (Wildman–Crippen MR) is 345 cm³/mol. The van der Waals surface area contributed by atoms with Gasteiger partial charge in [-0.25, -0.2) is 19.2 Å². The van der Waals surface area contributed by atoms with Crippen molar-refractivity contribution in [3.05, 3.63) is 156 Å². The number of alkyl carbamates (subject to hydrolysis) is 2. The number of imide groups is 2. The molecule has 4 aliphatic rings. The fraction of sp³-hybridized carbons (Fsp3) is 0.493. The third-order valence-electron chi connectivity index (χ3n) is 17.3. The molecule has 0 spiro atoms. The minimum absolute atomic E-state index is 0.0240. The molecule has 484 valence electrons. The van der Waals surface area contributed by atoms with E-state index in [2.05, 4.69) is 63.9 Å². The number of ether oxygens (including phenoxy) is 2. The SMILES string of the molecule is C=C(N)NCCCC1C(=O)N(C(=O)N2CCN(C(=O)CCCCCc3ccccc3)CC2)C1(C)C.CC1(C)C(CCCN=C(NC(=O)OCc2ccccc2)NC(=O)OCc2ccccc2)C(=O)N1C(=O)N1CCN(C(=O)CCCCCc2ccccc2)CC1. The van der Waals surface area contributed by atoms with E-state index in [1.807, 2.05) is 122 Å². The van der Waals surface area contributed by atoms with Crippen molar-refractivity contribution < 1.29 is 47.8 Å². The summed E-state index contributed by atoms with van der Waals surface area (Å²) in [6, 6.07) is 38.5. The first-order valence-corrected chi connectivity index (χ1v) is 31.9. The lowest BCUT2D eigenvalue weighted by molar-refractivity contribution is -0.162. The van der Waals surface area contributed by atoms with E-state index >= 15 is 0 Å². The number of carbonyl (C=O) groups is 8. The number of nitrogens with one attached hydrogen (secondary N) is 3. The number of nitrogens with two attached hydrogens (primary N) is 1. The number of hydrogen-bond donors (Lipinski definition) is 4. The third-order valence-corrected chi connectivity index (χ3v) is 17.3. The van der Waals surface area contributed by atoms with Crippen LogP contribution in [0.4, 0.5) is 19.2 Å². The molecule has 0 aromatic heterocycles.